The molecule has 0 bridgehead atoms. The van der Waals surface area contributed by atoms with Crippen LogP contribution in [0.5, 0.6) is 0 Å². The zero-order valence-electron chi connectivity index (χ0n) is 21.1. The molecule has 8 nitrogen and oxygen atoms in total. The number of hydrogen-bond donors (Lipinski definition) is 1. The second kappa shape index (κ2) is 12.8. The number of β-lactam (4-membered cyclic amide) rings is 1. The van der Waals surface area contributed by atoms with E-state index in [0.717, 1.165) is 16.0 Å². The first kappa shape index (κ1) is 28.1. The van der Waals surface area contributed by atoms with Crippen LogP contribution in [0.4, 0.5) is 0 Å². The van der Waals surface area contributed by atoms with Crippen LogP contribution >= 0.6 is 39.0 Å². The van der Waals surface area contributed by atoms with E-state index in [1.165, 1.54) is 33.4 Å². The van der Waals surface area contributed by atoms with Gasteiger partial charge in [0, 0.05) is 10.2 Å². The van der Waals surface area contributed by atoms with E-state index < -0.39 is 41.4 Å². The minimum atomic E-state index is -1.32. The Kier molecular flexibility index (Phi) is 9.03. The maximum absolute atomic E-state index is 13.9. The van der Waals surface area contributed by atoms with Gasteiger partial charge in [-0.05, 0) is 28.0 Å². The number of ether oxygens (including phenoxy) is 2. The van der Waals surface area contributed by atoms with Crippen LogP contribution in [0.2, 0.25) is 0 Å². The van der Waals surface area contributed by atoms with E-state index in [-0.39, 0.29) is 24.5 Å². The maximum Gasteiger partial charge on any atom is 0.337 e. The van der Waals surface area contributed by atoms with Crippen LogP contribution in [0.1, 0.15) is 22.1 Å². The number of alkyl halides is 1. The van der Waals surface area contributed by atoms with E-state index in [1.54, 1.807) is 0 Å². The summed E-state index contributed by atoms with van der Waals surface area (Å²) in [6, 6.07) is 20.1. The molecule has 2 unspecified atom stereocenters. The molecule has 2 amide bonds. The lowest BCUT2D eigenvalue weighted by Gasteiger charge is -2.51. The molecule has 0 aliphatic carbocycles. The van der Waals surface area contributed by atoms with Crippen molar-refractivity contribution in [2.75, 3.05) is 11.9 Å². The smallest absolute Gasteiger partial charge is 0.337 e. The molecule has 40 heavy (non-hydrogen) atoms. The third-order valence-electron chi connectivity index (χ3n) is 6.43. The van der Waals surface area contributed by atoms with Gasteiger partial charge < -0.3 is 19.7 Å². The lowest BCUT2D eigenvalue weighted by atomic mass is 9.97. The number of carbonyl (C=O) groups is 4. The number of halogens is 1. The summed E-state index contributed by atoms with van der Waals surface area (Å²) in [6.07, 6.45) is -0.611. The number of fused-ring (bicyclic) bond motifs is 1. The van der Waals surface area contributed by atoms with Crippen molar-refractivity contribution in [3.63, 3.8) is 0 Å². The van der Waals surface area contributed by atoms with Gasteiger partial charge in [-0.15, -0.1) is 23.1 Å². The Labute approximate surface area is 247 Å². The molecule has 3 heterocycles. The van der Waals surface area contributed by atoms with Crippen LogP contribution in [0.25, 0.3) is 0 Å². The number of nitrogens with one attached hydrogen (secondary N) is 1. The first-order valence-electron chi connectivity index (χ1n) is 12.5. The highest BCUT2D eigenvalue weighted by Crippen LogP contribution is 2.41. The number of hydrogen-bond acceptors (Lipinski definition) is 8. The van der Waals surface area contributed by atoms with Gasteiger partial charge in [-0.3, -0.25) is 9.59 Å². The number of amides is 2. The molecule has 0 radical (unpaired) electrons. The van der Waals surface area contributed by atoms with E-state index in [2.05, 4.69) is 21.2 Å². The predicted octanol–water partition coefficient (Wildman–Crippen LogP) is 4.21. The lowest BCUT2D eigenvalue weighted by molar-refractivity contribution is -0.167. The molecule has 2 aromatic carbocycles. The minimum absolute atomic E-state index is 0.0174. The minimum Gasteiger partial charge on any atom is -0.461 e. The van der Waals surface area contributed by atoms with Crippen molar-refractivity contribution in [1.29, 1.82) is 0 Å². The summed E-state index contributed by atoms with van der Waals surface area (Å²) in [5, 5.41) is 6.05. The molecule has 1 saturated heterocycles. The average Bonchev–Trinajstić information content (AvgIpc) is 3.50. The fourth-order valence-electron chi connectivity index (χ4n) is 4.57. The Bertz CT molecular complexity index is 1360. The fraction of sp³-hybridized carbons (Fsp3) is 0.241. The molecule has 2 aliphatic heterocycles. The van der Waals surface area contributed by atoms with Crippen LogP contribution in [-0.4, -0.2) is 58.0 Å². The molecule has 0 saturated carbocycles. The van der Waals surface area contributed by atoms with Crippen LogP contribution in [0.15, 0.2) is 89.2 Å². The van der Waals surface area contributed by atoms with Crippen molar-refractivity contribution in [3.05, 3.63) is 105 Å². The largest absolute Gasteiger partial charge is 0.461 e. The SMILES string of the molecule is O=C(Cc1cccs1)NC1C(=O)N2C(C(=O)OC(c3ccccc3)c3ccccc3)C(C(=O)OCCBr)=CS[C@@H]12. The molecule has 3 aromatic rings. The monoisotopic (exact) mass is 640 g/mol. The second-order valence-electron chi connectivity index (χ2n) is 9.01. The zero-order valence-corrected chi connectivity index (χ0v) is 24.3. The summed E-state index contributed by atoms with van der Waals surface area (Å²) in [4.78, 5) is 55.0. The molecule has 2 aliphatic rings. The number of esters is 2. The van der Waals surface area contributed by atoms with Crippen molar-refractivity contribution in [2.45, 2.75) is 30.0 Å². The first-order valence-corrected chi connectivity index (χ1v) is 15.4. The van der Waals surface area contributed by atoms with Gasteiger partial charge in [0.25, 0.3) is 0 Å². The third-order valence-corrected chi connectivity index (χ3v) is 8.79. The van der Waals surface area contributed by atoms with Gasteiger partial charge in [0.05, 0.1) is 12.0 Å². The van der Waals surface area contributed by atoms with E-state index >= 15 is 0 Å². The van der Waals surface area contributed by atoms with Gasteiger partial charge in [-0.25, -0.2) is 9.59 Å². The van der Waals surface area contributed by atoms with Crippen LogP contribution in [-0.2, 0) is 35.1 Å². The molecule has 5 rings (SSSR count). The molecule has 1 aromatic heterocycles. The fourth-order valence-corrected chi connectivity index (χ4v) is 6.65. The number of benzene rings is 2. The van der Waals surface area contributed by atoms with E-state index in [1.807, 2.05) is 78.2 Å². The molecule has 11 heteroatoms. The number of thioether (sulfide) groups is 1. The van der Waals surface area contributed by atoms with Gasteiger partial charge in [-0.1, -0.05) is 82.7 Å². The second-order valence-corrected chi connectivity index (χ2v) is 11.8. The van der Waals surface area contributed by atoms with Crippen LogP contribution in [0, 0.1) is 0 Å². The Balaban J connectivity index is 1.40. The molecule has 206 valence electrons. The van der Waals surface area contributed by atoms with E-state index in [9.17, 15) is 19.2 Å². The van der Waals surface area contributed by atoms with Crippen molar-refractivity contribution < 1.29 is 28.7 Å². The van der Waals surface area contributed by atoms with Crippen molar-refractivity contribution in [1.82, 2.24) is 10.2 Å². The van der Waals surface area contributed by atoms with Crippen molar-refractivity contribution >= 4 is 62.8 Å². The summed E-state index contributed by atoms with van der Waals surface area (Å²) in [5.41, 5.74) is 1.50. The highest BCUT2D eigenvalue weighted by Gasteiger charge is 2.57. The number of thiophene rings is 1. The highest BCUT2D eigenvalue weighted by atomic mass is 79.9. The molecule has 1 N–H and O–H groups in total. The Morgan fingerprint density at radius 1 is 0.975 bits per heavy atom. The van der Waals surface area contributed by atoms with Crippen molar-refractivity contribution in [2.24, 2.45) is 0 Å². The average molecular weight is 642 g/mol. The first-order chi connectivity index (χ1) is 19.5. The summed E-state index contributed by atoms with van der Waals surface area (Å²) in [5.74, 6) is -2.23. The zero-order chi connectivity index (χ0) is 28.1. The van der Waals surface area contributed by atoms with Gasteiger partial charge in [0.1, 0.15) is 18.0 Å². The summed E-state index contributed by atoms with van der Waals surface area (Å²) in [6.45, 7) is 0.0953. The van der Waals surface area contributed by atoms with Gasteiger partial charge >= 0.3 is 11.9 Å². The number of carbonyl (C=O) groups excluding carboxylic acids is 4. The lowest BCUT2D eigenvalue weighted by Crippen LogP contribution is -2.74. The van der Waals surface area contributed by atoms with Crippen LogP contribution in [0.3, 0.4) is 0 Å². The Morgan fingerprint density at radius 2 is 1.65 bits per heavy atom. The summed E-state index contributed by atoms with van der Waals surface area (Å²) < 4.78 is 11.3. The highest BCUT2D eigenvalue weighted by molar-refractivity contribution is 9.09. The molecule has 3 atom stereocenters. The summed E-state index contributed by atoms with van der Waals surface area (Å²) >= 11 is 5.87. The Hall–Kier alpha value is -3.41. The van der Waals surface area contributed by atoms with Crippen LogP contribution < -0.4 is 5.32 Å². The van der Waals surface area contributed by atoms with Gasteiger partial charge in [-0.2, -0.15) is 0 Å². The number of nitrogens with zero attached hydrogens (tertiary/aromatic N) is 1. The van der Waals surface area contributed by atoms with Gasteiger partial charge in [0.15, 0.2) is 12.1 Å². The molecular weight excluding hydrogens is 616 g/mol. The third kappa shape index (κ3) is 6.01. The van der Waals surface area contributed by atoms with E-state index in [0.29, 0.717) is 5.33 Å². The molecular formula is C29H25BrN2O6S2. The van der Waals surface area contributed by atoms with Crippen molar-refractivity contribution in [3.8, 4) is 0 Å². The normalized spacial score (nSPS) is 19.8. The standard InChI is InChI=1S/C29H25BrN2O6S2/c30-13-14-37-28(35)21-17-40-27-23(31-22(33)16-20-12-7-15-39-20)26(34)32(27)24(21)29(36)38-25(18-8-3-1-4-9-18)19-10-5-2-6-11-19/h1-12,15,17,23-25,27H,13-14,16H2,(H,31,33)/t23?,24?,27-/m0/s1. The number of rotatable bonds is 10. The molecule has 1 fully saturated rings. The predicted molar refractivity (Wildman–Crippen MR) is 156 cm³/mol. The van der Waals surface area contributed by atoms with Gasteiger partial charge in [0.2, 0.25) is 11.8 Å². The quantitative estimate of drug-likeness (QED) is 0.201. The Morgan fingerprint density at radius 3 is 2.25 bits per heavy atom. The van der Waals surface area contributed by atoms with E-state index in [4.69, 9.17) is 9.47 Å². The maximum atomic E-state index is 13.9. The molecule has 0 spiro atoms. The summed E-state index contributed by atoms with van der Waals surface area (Å²) in [7, 11) is 0. The topological polar surface area (TPSA) is 102 Å².